The monoisotopic (exact) mass is 336 g/mol. The molecule has 1 aromatic rings. The number of rotatable bonds is 7. The average Bonchev–Trinajstić information content (AvgIpc) is 2.48. The van der Waals surface area contributed by atoms with E-state index >= 15 is 0 Å². The summed E-state index contributed by atoms with van der Waals surface area (Å²) in [7, 11) is 0. The van der Waals surface area contributed by atoms with Gasteiger partial charge in [-0.05, 0) is 39.3 Å². The Balaban J connectivity index is 2.12. The molecule has 24 heavy (non-hydrogen) atoms. The number of carbonyl (C=O) groups excluding carboxylic acids is 3. The Morgan fingerprint density at radius 1 is 1.08 bits per heavy atom. The molecule has 7 heteroatoms. The van der Waals surface area contributed by atoms with Gasteiger partial charge in [-0.1, -0.05) is 18.2 Å². The summed E-state index contributed by atoms with van der Waals surface area (Å²) in [5.41, 5.74) is -0.459. The first kappa shape index (κ1) is 19.5. The number of esters is 1. The quantitative estimate of drug-likeness (QED) is 0.587. The highest BCUT2D eigenvalue weighted by Gasteiger charge is 2.16. The molecule has 7 nitrogen and oxygen atoms in total. The summed E-state index contributed by atoms with van der Waals surface area (Å²) in [6, 6.07) is 8.63. The number of ether oxygens (including phenoxy) is 2. The van der Waals surface area contributed by atoms with Crippen LogP contribution in [0.4, 0.5) is 4.79 Å². The smallest absolute Gasteiger partial charge is 0.321 e. The van der Waals surface area contributed by atoms with Crippen LogP contribution in [0.2, 0.25) is 0 Å². The van der Waals surface area contributed by atoms with Gasteiger partial charge in [-0.25, -0.2) is 4.79 Å². The number of hydrogen-bond acceptors (Lipinski definition) is 5. The van der Waals surface area contributed by atoms with Crippen LogP contribution in [0.15, 0.2) is 30.3 Å². The molecule has 1 rings (SSSR count). The van der Waals surface area contributed by atoms with Crippen LogP contribution >= 0.6 is 0 Å². The SMILES string of the molecule is CC(C)(C)NC(=O)NC(=O)COC(=O)CCCOc1ccccc1. The topological polar surface area (TPSA) is 93.7 Å². The molecule has 132 valence electrons. The summed E-state index contributed by atoms with van der Waals surface area (Å²) in [4.78, 5) is 34.5. The predicted octanol–water partition coefficient (Wildman–Crippen LogP) is 2.01. The minimum atomic E-state index is -0.675. The molecule has 0 aliphatic rings. The third-order valence-electron chi connectivity index (χ3n) is 2.64. The van der Waals surface area contributed by atoms with Crippen LogP contribution in [0.3, 0.4) is 0 Å². The number of amides is 3. The van der Waals surface area contributed by atoms with Crippen LogP contribution in [0, 0.1) is 0 Å². The van der Waals surface area contributed by atoms with E-state index in [0.29, 0.717) is 13.0 Å². The van der Waals surface area contributed by atoms with Crippen molar-refractivity contribution in [3.05, 3.63) is 30.3 Å². The normalized spacial score (nSPS) is 10.6. The number of benzene rings is 1. The number of urea groups is 1. The van der Waals surface area contributed by atoms with Crippen molar-refractivity contribution in [3.8, 4) is 5.75 Å². The highest BCUT2D eigenvalue weighted by atomic mass is 16.5. The van der Waals surface area contributed by atoms with Crippen LogP contribution in [-0.2, 0) is 14.3 Å². The van der Waals surface area contributed by atoms with Gasteiger partial charge in [0.1, 0.15) is 5.75 Å². The molecule has 0 atom stereocenters. The molecule has 0 saturated carbocycles. The van der Waals surface area contributed by atoms with E-state index in [0.717, 1.165) is 5.75 Å². The second kappa shape index (κ2) is 9.54. The molecule has 2 N–H and O–H groups in total. The van der Waals surface area contributed by atoms with Crippen LogP contribution in [-0.4, -0.2) is 36.7 Å². The zero-order chi connectivity index (χ0) is 18.0. The molecular weight excluding hydrogens is 312 g/mol. The van der Waals surface area contributed by atoms with Gasteiger partial charge >= 0.3 is 12.0 Å². The Morgan fingerprint density at radius 2 is 1.75 bits per heavy atom. The lowest BCUT2D eigenvalue weighted by atomic mass is 10.1. The van der Waals surface area contributed by atoms with Crippen LogP contribution in [0.1, 0.15) is 33.6 Å². The molecule has 0 aliphatic heterocycles. The molecule has 0 aromatic heterocycles. The lowest BCUT2D eigenvalue weighted by Crippen LogP contribution is -2.49. The largest absolute Gasteiger partial charge is 0.494 e. The minimum absolute atomic E-state index is 0.133. The molecule has 0 spiro atoms. The maximum Gasteiger partial charge on any atom is 0.321 e. The van der Waals surface area contributed by atoms with Crippen molar-refractivity contribution in [1.82, 2.24) is 10.6 Å². The van der Waals surface area contributed by atoms with Gasteiger partial charge in [0, 0.05) is 12.0 Å². The predicted molar refractivity (Wildman–Crippen MR) is 88.6 cm³/mol. The Morgan fingerprint density at radius 3 is 2.38 bits per heavy atom. The minimum Gasteiger partial charge on any atom is -0.494 e. The summed E-state index contributed by atoms with van der Waals surface area (Å²) in [6.07, 6.45) is 0.605. The van der Waals surface area contributed by atoms with Crippen LogP contribution in [0.25, 0.3) is 0 Å². The van der Waals surface area contributed by atoms with Crippen molar-refractivity contribution in [1.29, 1.82) is 0 Å². The maximum atomic E-state index is 11.5. The number of carbonyl (C=O) groups is 3. The van der Waals surface area contributed by atoms with E-state index in [4.69, 9.17) is 9.47 Å². The van der Waals surface area contributed by atoms with Gasteiger partial charge in [0.15, 0.2) is 6.61 Å². The van der Waals surface area contributed by atoms with Gasteiger partial charge in [0.05, 0.1) is 6.61 Å². The Kier molecular flexibility index (Phi) is 7.74. The molecule has 0 aliphatic carbocycles. The van der Waals surface area contributed by atoms with Gasteiger partial charge < -0.3 is 14.8 Å². The maximum absolute atomic E-state index is 11.5. The highest BCUT2D eigenvalue weighted by Crippen LogP contribution is 2.08. The highest BCUT2D eigenvalue weighted by molar-refractivity contribution is 5.95. The molecule has 3 amide bonds. The Hall–Kier alpha value is -2.57. The third-order valence-corrected chi connectivity index (χ3v) is 2.64. The first-order valence-corrected chi connectivity index (χ1v) is 7.72. The second-order valence-electron chi connectivity index (χ2n) is 6.18. The van der Waals surface area contributed by atoms with E-state index in [9.17, 15) is 14.4 Å². The fourth-order valence-electron chi connectivity index (χ4n) is 1.68. The molecule has 0 bridgehead atoms. The van der Waals surface area contributed by atoms with Crippen LogP contribution in [0.5, 0.6) is 5.75 Å². The van der Waals surface area contributed by atoms with Crippen LogP contribution < -0.4 is 15.4 Å². The standard InChI is InChI=1S/C17H24N2O5/c1-17(2,3)19-16(22)18-14(20)12-24-15(21)10-7-11-23-13-8-5-4-6-9-13/h4-6,8-9H,7,10-12H2,1-3H3,(H2,18,19,20,22). The fraction of sp³-hybridized carbons (Fsp3) is 0.471. The van der Waals surface area contributed by atoms with E-state index < -0.39 is 30.1 Å². The average molecular weight is 336 g/mol. The van der Waals surface area contributed by atoms with Gasteiger partial charge in [-0.3, -0.25) is 14.9 Å². The van der Waals surface area contributed by atoms with E-state index in [1.165, 1.54) is 0 Å². The summed E-state index contributed by atoms with van der Waals surface area (Å²) < 4.78 is 10.2. The summed E-state index contributed by atoms with van der Waals surface area (Å²) in [5.74, 6) is -0.459. The lowest BCUT2D eigenvalue weighted by Gasteiger charge is -2.20. The number of imide groups is 1. The molecule has 0 saturated heterocycles. The zero-order valence-electron chi connectivity index (χ0n) is 14.3. The molecule has 0 fully saturated rings. The summed E-state index contributed by atoms with van der Waals surface area (Å²) in [5, 5.41) is 4.66. The third kappa shape index (κ3) is 9.45. The molecular formula is C17H24N2O5. The zero-order valence-corrected chi connectivity index (χ0v) is 14.3. The molecule has 0 unspecified atom stereocenters. The molecule has 0 heterocycles. The summed E-state index contributed by atoms with van der Waals surface area (Å²) in [6.45, 7) is 5.24. The van der Waals surface area contributed by atoms with Crippen molar-refractivity contribution < 1.29 is 23.9 Å². The van der Waals surface area contributed by atoms with Crippen molar-refractivity contribution >= 4 is 17.9 Å². The van der Waals surface area contributed by atoms with Gasteiger partial charge in [0.25, 0.3) is 5.91 Å². The van der Waals surface area contributed by atoms with E-state index in [-0.39, 0.29) is 6.42 Å². The first-order chi connectivity index (χ1) is 11.3. The summed E-state index contributed by atoms with van der Waals surface area (Å²) >= 11 is 0. The number of nitrogens with one attached hydrogen (secondary N) is 2. The van der Waals surface area contributed by atoms with E-state index in [2.05, 4.69) is 10.6 Å². The second-order valence-corrected chi connectivity index (χ2v) is 6.18. The van der Waals surface area contributed by atoms with Gasteiger partial charge in [-0.15, -0.1) is 0 Å². The Bertz CT molecular complexity index is 552. The van der Waals surface area contributed by atoms with Gasteiger partial charge in [-0.2, -0.15) is 0 Å². The fourth-order valence-corrected chi connectivity index (χ4v) is 1.68. The number of hydrogen-bond donors (Lipinski definition) is 2. The Labute approximate surface area is 141 Å². The van der Waals surface area contributed by atoms with Gasteiger partial charge in [0.2, 0.25) is 0 Å². The van der Waals surface area contributed by atoms with E-state index in [1.54, 1.807) is 20.8 Å². The first-order valence-electron chi connectivity index (χ1n) is 7.72. The van der Waals surface area contributed by atoms with Crippen molar-refractivity contribution in [2.75, 3.05) is 13.2 Å². The molecule has 1 aromatic carbocycles. The van der Waals surface area contributed by atoms with E-state index in [1.807, 2.05) is 30.3 Å². The van der Waals surface area contributed by atoms with Crippen molar-refractivity contribution in [2.24, 2.45) is 0 Å². The van der Waals surface area contributed by atoms with Crippen molar-refractivity contribution in [3.63, 3.8) is 0 Å². The van der Waals surface area contributed by atoms with Crippen molar-refractivity contribution in [2.45, 2.75) is 39.2 Å². The number of para-hydroxylation sites is 1. The molecule has 0 radical (unpaired) electrons. The lowest BCUT2D eigenvalue weighted by molar-refractivity contribution is -0.148.